The highest BCUT2D eigenvalue weighted by Gasteiger charge is 2.16. The Balaban J connectivity index is 3.29. The number of ether oxygens (including phenoxy) is 2. The second-order valence-corrected chi connectivity index (χ2v) is 4.77. The molecular weight excluding hydrogens is 206 g/mol. The summed E-state index contributed by atoms with van der Waals surface area (Å²) in [6.45, 7) is 8.56. The Morgan fingerprint density at radius 2 is 1.94 bits per heavy atom. The molecule has 0 aliphatic heterocycles. The van der Waals surface area contributed by atoms with E-state index in [2.05, 4.69) is 19.2 Å². The molecule has 0 saturated carbocycles. The van der Waals surface area contributed by atoms with E-state index in [-0.39, 0.29) is 12.0 Å². The monoisotopic (exact) mass is 233 g/mol. The SMILES string of the molecule is COCCOCCNCC(C)(C)CCCO. The highest BCUT2D eigenvalue weighted by atomic mass is 16.5. The summed E-state index contributed by atoms with van der Waals surface area (Å²) in [5.74, 6) is 0. The van der Waals surface area contributed by atoms with Crippen LogP contribution in [0.5, 0.6) is 0 Å². The summed E-state index contributed by atoms with van der Waals surface area (Å²) in [4.78, 5) is 0. The molecule has 0 rings (SSSR count). The first-order valence-corrected chi connectivity index (χ1v) is 6.00. The summed E-state index contributed by atoms with van der Waals surface area (Å²) in [7, 11) is 1.67. The Hall–Kier alpha value is -0.160. The molecule has 2 N–H and O–H groups in total. The second-order valence-electron chi connectivity index (χ2n) is 4.77. The molecule has 0 aliphatic carbocycles. The fourth-order valence-corrected chi connectivity index (χ4v) is 1.46. The zero-order chi connectivity index (χ0) is 12.3. The summed E-state index contributed by atoms with van der Waals surface area (Å²) < 4.78 is 10.2. The van der Waals surface area contributed by atoms with Crippen LogP contribution < -0.4 is 5.32 Å². The van der Waals surface area contributed by atoms with E-state index in [1.807, 2.05) is 0 Å². The Morgan fingerprint density at radius 1 is 1.19 bits per heavy atom. The maximum atomic E-state index is 8.77. The van der Waals surface area contributed by atoms with E-state index in [0.29, 0.717) is 13.2 Å². The van der Waals surface area contributed by atoms with Gasteiger partial charge in [-0.3, -0.25) is 0 Å². The van der Waals surface area contributed by atoms with Gasteiger partial charge in [-0.25, -0.2) is 0 Å². The van der Waals surface area contributed by atoms with Crippen LogP contribution in [0.2, 0.25) is 0 Å². The maximum absolute atomic E-state index is 8.77. The highest BCUT2D eigenvalue weighted by molar-refractivity contribution is 4.71. The molecule has 98 valence electrons. The molecular formula is C12H27NO3. The first-order chi connectivity index (χ1) is 7.62. The van der Waals surface area contributed by atoms with Crippen molar-refractivity contribution in [3.05, 3.63) is 0 Å². The van der Waals surface area contributed by atoms with Crippen LogP contribution in [-0.2, 0) is 9.47 Å². The van der Waals surface area contributed by atoms with E-state index in [1.165, 1.54) is 0 Å². The van der Waals surface area contributed by atoms with Crippen molar-refractivity contribution in [2.24, 2.45) is 5.41 Å². The quantitative estimate of drug-likeness (QED) is 0.524. The average Bonchev–Trinajstić information content (AvgIpc) is 2.25. The number of hydrogen-bond acceptors (Lipinski definition) is 4. The summed E-state index contributed by atoms with van der Waals surface area (Å²) in [5, 5.41) is 12.1. The van der Waals surface area contributed by atoms with Crippen molar-refractivity contribution in [1.29, 1.82) is 0 Å². The fourth-order valence-electron chi connectivity index (χ4n) is 1.46. The third-order valence-corrected chi connectivity index (χ3v) is 2.47. The molecule has 4 heteroatoms. The van der Waals surface area contributed by atoms with Gasteiger partial charge in [-0.2, -0.15) is 0 Å². The lowest BCUT2D eigenvalue weighted by Crippen LogP contribution is -2.32. The lowest BCUT2D eigenvalue weighted by atomic mass is 9.88. The van der Waals surface area contributed by atoms with Crippen LogP contribution in [0.4, 0.5) is 0 Å². The van der Waals surface area contributed by atoms with Crippen LogP contribution in [0.3, 0.4) is 0 Å². The molecule has 0 bridgehead atoms. The smallest absolute Gasteiger partial charge is 0.0700 e. The minimum atomic E-state index is 0.245. The van der Waals surface area contributed by atoms with Crippen molar-refractivity contribution in [2.45, 2.75) is 26.7 Å². The van der Waals surface area contributed by atoms with E-state index in [0.717, 1.165) is 32.5 Å². The van der Waals surface area contributed by atoms with Gasteiger partial charge < -0.3 is 19.9 Å². The zero-order valence-electron chi connectivity index (χ0n) is 10.9. The Morgan fingerprint density at radius 3 is 2.56 bits per heavy atom. The molecule has 0 spiro atoms. The normalized spacial score (nSPS) is 12.0. The largest absolute Gasteiger partial charge is 0.396 e. The van der Waals surface area contributed by atoms with Crippen molar-refractivity contribution in [2.75, 3.05) is 46.6 Å². The number of hydrogen-bond donors (Lipinski definition) is 2. The molecule has 0 fully saturated rings. The molecule has 16 heavy (non-hydrogen) atoms. The van der Waals surface area contributed by atoms with E-state index >= 15 is 0 Å². The van der Waals surface area contributed by atoms with Crippen molar-refractivity contribution in [3.63, 3.8) is 0 Å². The fraction of sp³-hybridized carbons (Fsp3) is 1.00. The standard InChI is InChI=1S/C12H27NO3/c1-12(2,5-4-7-14)11-13-6-8-16-10-9-15-3/h13-14H,4-11H2,1-3H3. The molecule has 0 aromatic carbocycles. The minimum Gasteiger partial charge on any atom is -0.396 e. The summed E-state index contributed by atoms with van der Waals surface area (Å²) in [5.41, 5.74) is 0.245. The number of methoxy groups -OCH3 is 1. The van der Waals surface area contributed by atoms with Crippen molar-refractivity contribution in [3.8, 4) is 0 Å². The summed E-state index contributed by atoms with van der Waals surface area (Å²) >= 11 is 0. The van der Waals surface area contributed by atoms with Gasteiger partial charge in [-0.1, -0.05) is 13.8 Å². The van der Waals surface area contributed by atoms with Crippen molar-refractivity contribution >= 4 is 0 Å². The maximum Gasteiger partial charge on any atom is 0.0700 e. The predicted octanol–water partition coefficient (Wildman–Crippen LogP) is 1.04. The average molecular weight is 233 g/mol. The number of rotatable bonds is 11. The van der Waals surface area contributed by atoms with E-state index in [4.69, 9.17) is 14.6 Å². The molecule has 0 aromatic heterocycles. The van der Waals surface area contributed by atoms with Gasteiger partial charge in [0.1, 0.15) is 0 Å². The first-order valence-electron chi connectivity index (χ1n) is 6.00. The molecule has 0 unspecified atom stereocenters. The highest BCUT2D eigenvalue weighted by Crippen LogP contribution is 2.20. The van der Waals surface area contributed by atoms with Gasteiger partial charge in [0.05, 0.1) is 19.8 Å². The Bertz CT molecular complexity index is 151. The van der Waals surface area contributed by atoms with Gasteiger partial charge >= 0.3 is 0 Å². The number of nitrogens with one attached hydrogen (secondary N) is 1. The molecule has 0 radical (unpaired) electrons. The van der Waals surface area contributed by atoms with Gasteiger partial charge in [0.15, 0.2) is 0 Å². The number of aliphatic hydroxyl groups is 1. The summed E-state index contributed by atoms with van der Waals surface area (Å²) in [6.07, 6.45) is 1.92. The topological polar surface area (TPSA) is 50.7 Å². The molecule has 0 saturated heterocycles. The van der Waals surface area contributed by atoms with Gasteiger partial charge in [-0.05, 0) is 18.3 Å². The van der Waals surface area contributed by atoms with Gasteiger partial charge in [0, 0.05) is 26.8 Å². The van der Waals surface area contributed by atoms with Crippen LogP contribution >= 0.6 is 0 Å². The number of aliphatic hydroxyl groups excluding tert-OH is 1. The van der Waals surface area contributed by atoms with Gasteiger partial charge in [-0.15, -0.1) is 0 Å². The lowest BCUT2D eigenvalue weighted by Gasteiger charge is -2.24. The van der Waals surface area contributed by atoms with Crippen LogP contribution in [0.1, 0.15) is 26.7 Å². The minimum absolute atomic E-state index is 0.245. The van der Waals surface area contributed by atoms with Crippen molar-refractivity contribution < 1.29 is 14.6 Å². The second kappa shape index (κ2) is 10.0. The molecule has 0 amide bonds. The van der Waals surface area contributed by atoms with E-state index < -0.39 is 0 Å². The van der Waals surface area contributed by atoms with E-state index in [9.17, 15) is 0 Å². The predicted molar refractivity (Wildman–Crippen MR) is 65.7 cm³/mol. The van der Waals surface area contributed by atoms with Gasteiger partial charge in [0.2, 0.25) is 0 Å². The van der Waals surface area contributed by atoms with Crippen LogP contribution in [-0.4, -0.2) is 51.7 Å². The molecule has 0 aromatic rings. The van der Waals surface area contributed by atoms with Crippen LogP contribution in [0, 0.1) is 5.41 Å². The lowest BCUT2D eigenvalue weighted by molar-refractivity contribution is 0.0710. The molecule has 0 heterocycles. The third kappa shape index (κ3) is 10.4. The zero-order valence-corrected chi connectivity index (χ0v) is 10.9. The molecule has 4 nitrogen and oxygen atoms in total. The molecule has 0 atom stereocenters. The van der Waals surface area contributed by atoms with E-state index in [1.54, 1.807) is 7.11 Å². The third-order valence-electron chi connectivity index (χ3n) is 2.47. The molecule has 0 aliphatic rings. The van der Waals surface area contributed by atoms with Crippen LogP contribution in [0.25, 0.3) is 0 Å². The Kier molecular flexibility index (Phi) is 9.92. The van der Waals surface area contributed by atoms with Gasteiger partial charge in [0.25, 0.3) is 0 Å². The summed E-state index contributed by atoms with van der Waals surface area (Å²) in [6, 6.07) is 0. The Labute approximate surface area is 99.3 Å². The van der Waals surface area contributed by atoms with Crippen LogP contribution in [0.15, 0.2) is 0 Å². The van der Waals surface area contributed by atoms with Crippen molar-refractivity contribution in [1.82, 2.24) is 5.32 Å². The first kappa shape index (κ1) is 15.8.